The van der Waals surface area contributed by atoms with Crippen molar-refractivity contribution in [2.24, 2.45) is 5.10 Å². The van der Waals surface area contributed by atoms with Crippen LogP contribution in [-0.4, -0.2) is 50.5 Å². The van der Waals surface area contributed by atoms with Gasteiger partial charge in [-0.3, -0.25) is 5.43 Å². The number of hydrazone groups is 1. The number of hydrogen-bond donors (Lipinski definition) is 5. The zero-order chi connectivity index (χ0) is 18.1. The van der Waals surface area contributed by atoms with Crippen LogP contribution >= 0.6 is 0 Å². The number of rotatable bonds is 4. The van der Waals surface area contributed by atoms with E-state index in [4.69, 9.17) is 20.4 Å². The van der Waals surface area contributed by atoms with E-state index in [0.717, 1.165) is 0 Å². The van der Waals surface area contributed by atoms with Gasteiger partial charge in [-0.15, -0.1) is 0 Å². The number of nitrogens with zero attached hydrogens (tertiary/aromatic N) is 1. The van der Waals surface area contributed by atoms with Gasteiger partial charge in [0.15, 0.2) is 0 Å². The zero-order valence-electron chi connectivity index (χ0n) is 11.6. The second-order valence-electron chi connectivity index (χ2n) is 3.17. The summed E-state index contributed by atoms with van der Waals surface area (Å²) >= 11 is 0. The molecule has 10 nitrogen and oxygen atoms in total. The summed E-state index contributed by atoms with van der Waals surface area (Å²) in [4.78, 5) is 38.2. The van der Waals surface area contributed by atoms with Crippen LogP contribution in [-0.2, 0) is 19.2 Å². The lowest BCUT2D eigenvalue weighted by Crippen LogP contribution is -1.91. The predicted molar refractivity (Wildman–Crippen MR) is 78.7 cm³/mol. The van der Waals surface area contributed by atoms with Crippen molar-refractivity contribution in [2.45, 2.75) is 0 Å². The van der Waals surface area contributed by atoms with E-state index >= 15 is 0 Å². The topological polar surface area (TPSA) is 174 Å². The lowest BCUT2D eigenvalue weighted by Gasteiger charge is -1.78. The summed E-state index contributed by atoms with van der Waals surface area (Å²) in [6.07, 6.45) is 11.3. The molecule has 0 atom stereocenters. The lowest BCUT2D eigenvalue weighted by molar-refractivity contribution is -0.134. The molecular formula is C13H14N2O8. The van der Waals surface area contributed by atoms with Crippen molar-refractivity contribution < 1.29 is 39.6 Å². The van der Waals surface area contributed by atoms with Crippen molar-refractivity contribution in [1.29, 1.82) is 0 Å². The normalized spacial score (nSPS) is 11.5. The van der Waals surface area contributed by atoms with Crippen molar-refractivity contribution in [3.8, 4) is 0 Å². The van der Waals surface area contributed by atoms with Gasteiger partial charge in [-0.2, -0.15) is 5.10 Å². The monoisotopic (exact) mass is 326 g/mol. The Morgan fingerprint density at radius 1 is 0.696 bits per heavy atom. The Bertz CT molecular complexity index is 478. The quantitative estimate of drug-likeness (QED) is 0.448. The fourth-order valence-electron chi connectivity index (χ4n) is 0.627. The average molecular weight is 326 g/mol. The highest BCUT2D eigenvalue weighted by Gasteiger charge is 1.88. The van der Waals surface area contributed by atoms with Gasteiger partial charge in [-0.05, 0) is 12.2 Å². The SMILES string of the molecule is C1=CC=NNC=C1.O=C(O)/C=C\C(=O)O.O=C(O)/C=C\C(=O)O. The maximum atomic E-state index is 9.55. The summed E-state index contributed by atoms with van der Waals surface area (Å²) < 4.78 is 0. The smallest absolute Gasteiger partial charge is 0.328 e. The third-order valence-corrected chi connectivity index (χ3v) is 1.37. The molecule has 0 unspecified atom stereocenters. The van der Waals surface area contributed by atoms with Crippen LogP contribution in [0.4, 0.5) is 0 Å². The van der Waals surface area contributed by atoms with Gasteiger partial charge in [-0.1, -0.05) is 6.08 Å². The minimum atomic E-state index is -1.26. The van der Waals surface area contributed by atoms with Crippen LogP contribution in [0.25, 0.3) is 0 Å². The van der Waals surface area contributed by atoms with Gasteiger partial charge in [0.1, 0.15) is 0 Å². The molecule has 23 heavy (non-hydrogen) atoms. The van der Waals surface area contributed by atoms with E-state index in [-0.39, 0.29) is 0 Å². The molecule has 0 radical (unpaired) electrons. The summed E-state index contributed by atoms with van der Waals surface area (Å²) in [6.45, 7) is 0. The van der Waals surface area contributed by atoms with E-state index in [1.54, 1.807) is 12.4 Å². The second kappa shape index (κ2) is 14.7. The molecule has 0 aromatic rings. The van der Waals surface area contributed by atoms with Crippen molar-refractivity contribution in [2.75, 3.05) is 0 Å². The molecule has 0 spiro atoms. The number of carboxylic acid groups (broad SMARTS) is 4. The van der Waals surface area contributed by atoms with Gasteiger partial charge >= 0.3 is 23.9 Å². The van der Waals surface area contributed by atoms with E-state index in [0.29, 0.717) is 24.3 Å². The molecule has 0 amide bonds. The first kappa shape index (κ1) is 21.6. The molecule has 1 aliphatic rings. The Labute approximate surface area is 130 Å². The highest BCUT2D eigenvalue weighted by Crippen LogP contribution is 1.76. The standard InChI is InChI=1S/C5H6N2.2C4H4O4/c1-2-4-6-7-5-3-1;2*5-3(6)1-2-4(7)8/h1-6H;2*1-2H,(H,5,6)(H,7,8)/b;2*2-1-. The van der Waals surface area contributed by atoms with E-state index in [2.05, 4.69) is 10.5 Å². The van der Waals surface area contributed by atoms with Crippen LogP contribution < -0.4 is 5.43 Å². The molecule has 0 saturated heterocycles. The summed E-state index contributed by atoms with van der Waals surface area (Å²) in [7, 11) is 0. The van der Waals surface area contributed by atoms with Gasteiger partial charge in [0.25, 0.3) is 0 Å². The fraction of sp³-hybridized carbons (Fsp3) is 0. The molecule has 0 aromatic carbocycles. The number of aliphatic carboxylic acids is 4. The first-order valence-corrected chi connectivity index (χ1v) is 5.64. The molecule has 0 bridgehead atoms. The number of carbonyl (C=O) groups is 4. The summed E-state index contributed by atoms with van der Waals surface area (Å²) in [5.41, 5.74) is 2.67. The van der Waals surface area contributed by atoms with Crippen molar-refractivity contribution in [3.63, 3.8) is 0 Å². The Morgan fingerprint density at radius 3 is 1.43 bits per heavy atom. The molecular weight excluding hydrogens is 312 g/mol. The van der Waals surface area contributed by atoms with E-state index < -0.39 is 23.9 Å². The average Bonchev–Trinajstić information content (AvgIpc) is 2.77. The van der Waals surface area contributed by atoms with E-state index in [9.17, 15) is 19.2 Å². The lowest BCUT2D eigenvalue weighted by atomic mass is 10.5. The van der Waals surface area contributed by atoms with Gasteiger partial charge in [0.2, 0.25) is 0 Å². The Hall–Kier alpha value is -3.69. The Balaban J connectivity index is 0. The maximum absolute atomic E-state index is 9.55. The molecule has 0 saturated carbocycles. The molecule has 5 N–H and O–H groups in total. The van der Waals surface area contributed by atoms with Crippen LogP contribution in [0.15, 0.2) is 53.8 Å². The molecule has 0 aliphatic carbocycles. The highest BCUT2D eigenvalue weighted by atomic mass is 16.4. The van der Waals surface area contributed by atoms with Crippen LogP contribution in [0.3, 0.4) is 0 Å². The maximum Gasteiger partial charge on any atom is 0.328 e. The highest BCUT2D eigenvalue weighted by molar-refractivity contribution is 5.90. The molecule has 1 rings (SSSR count). The first-order valence-electron chi connectivity index (χ1n) is 5.64. The number of hydrogen-bond acceptors (Lipinski definition) is 6. The van der Waals surface area contributed by atoms with Crippen molar-refractivity contribution >= 4 is 30.1 Å². The number of allylic oxidation sites excluding steroid dienone is 3. The predicted octanol–water partition coefficient (Wildman–Crippen LogP) is 0.0689. The number of carboxylic acids is 4. The van der Waals surface area contributed by atoms with Crippen molar-refractivity contribution in [1.82, 2.24) is 5.43 Å². The fourth-order valence-corrected chi connectivity index (χ4v) is 0.627. The molecule has 124 valence electrons. The van der Waals surface area contributed by atoms with Gasteiger partial charge in [0, 0.05) is 36.7 Å². The van der Waals surface area contributed by atoms with Crippen molar-refractivity contribution in [3.05, 3.63) is 48.7 Å². The van der Waals surface area contributed by atoms with E-state index in [1.165, 1.54) is 0 Å². The largest absolute Gasteiger partial charge is 0.478 e. The third kappa shape index (κ3) is 27.5. The van der Waals surface area contributed by atoms with Gasteiger partial charge in [-0.25, -0.2) is 19.2 Å². The van der Waals surface area contributed by atoms with Gasteiger partial charge < -0.3 is 20.4 Å². The van der Waals surface area contributed by atoms with Crippen LogP contribution in [0, 0.1) is 0 Å². The van der Waals surface area contributed by atoms with Crippen LogP contribution in [0.1, 0.15) is 0 Å². The zero-order valence-corrected chi connectivity index (χ0v) is 11.6. The first-order chi connectivity index (χ1) is 10.8. The summed E-state index contributed by atoms with van der Waals surface area (Å²) in [5.74, 6) is -5.03. The Kier molecular flexibility index (Phi) is 13.8. The molecule has 1 heterocycles. The molecule has 0 aromatic heterocycles. The number of nitrogens with one attached hydrogen (secondary N) is 1. The second-order valence-corrected chi connectivity index (χ2v) is 3.17. The Morgan fingerprint density at radius 2 is 1.09 bits per heavy atom. The third-order valence-electron chi connectivity index (χ3n) is 1.37. The molecule has 0 fully saturated rings. The van der Waals surface area contributed by atoms with Gasteiger partial charge in [0.05, 0.1) is 0 Å². The molecule has 1 aliphatic heterocycles. The summed E-state index contributed by atoms with van der Waals surface area (Å²) in [6, 6.07) is 0. The van der Waals surface area contributed by atoms with E-state index in [1.807, 2.05) is 18.2 Å². The minimum absolute atomic E-state index is 0.558. The van der Waals surface area contributed by atoms with Crippen LogP contribution in [0.5, 0.6) is 0 Å². The van der Waals surface area contributed by atoms with Crippen LogP contribution in [0.2, 0.25) is 0 Å². The summed E-state index contributed by atoms with van der Waals surface area (Å²) in [5, 5.41) is 35.0. The minimum Gasteiger partial charge on any atom is -0.478 e. The molecule has 10 heteroatoms.